The van der Waals surface area contributed by atoms with E-state index in [1.807, 2.05) is 0 Å². The molecule has 5 saturated heterocycles. The van der Waals surface area contributed by atoms with Gasteiger partial charge in [-0.05, 0) is 86.4 Å². The SMILES string of the molecule is CCCCCCCCCCCCCCC[CH-]C1CCC2C3NC4NC(NC5NC(NC6NC(NC(N3)C2C1F)C1CCCCC61)C1CCCCC51)C1CCCCC41.[Ti]. The average molecular weight is 842 g/mol. The summed E-state index contributed by atoms with van der Waals surface area (Å²) in [6.07, 6.45) is 40.6. The first-order valence-electron chi connectivity index (χ1n) is 25.7. The smallest absolute Gasteiger partial charge is 0.0820 e. The third-order valence-electron chi connectivity index (χ3n) is 17.8. The Kier molecular flexibility index (Phi) is 16.9. The summed E-state index contributed by atoms with van der Waals surface area (Å²) in [6, 6.07) is 0. The fourth-order valence-electron chi connectivity index (χ4n) is 14.8. The van der Waals surface area contributed by atoms with E-state index in [1.54, 1.807) is 0 Å². The molecule has 0 radical (unpaired) electrons. The van der Waals surface area contributed by atoms with Crippen molar-refractivity contribution in [3.05, 3.63) is 6.42 Å². The first-order valence-corrected chi connectivity index (χ1v) is 25.7. The summed E-state index contributed by atoms with van der Waals surface area (Å²) >= 11 is 0. The van der Waals surface area contributed by atoms with Crippen LogP contribution >= 0.6 is 0 Å². The summed E-state index contributed by atoms with van der Waals surface area (Å²) in [6.45, 7) is 2.30. The van der Waals surface area contributed by atoms with Gasteiger partial charge < -0.3 is 6.42 Å². The van der Waals surface area contributed by atoms with Crippen molar-refractivity contribution in [1.82, 2.24) is 42.5 Å². The molecule has 10 heteroatoms. The number of alkyl halides is 1. The Morgan fingerprint density at radius 2 is 0.690 bits per heavy atom. The van der Waals surface area contributed by atoms with Gasteiger partial charge in [-0.2, -0.15) is 6.42 Å². The normalized spacial score (nSPS) is 45.8. The number of nitrogens with one attached hydrogen (secondary N) is 8. The molecule has 4 aliphatic carbocycles. The zero-order chi connectivity index (χ0) is 38.6. The molecule has 0 amide bonds. The van der Waals surface area contributed by atoms with E-state index in [1.165, 1.54) is 161 Å². The minimum Gasteiger partial charge on any atom is -0.323 e. The van der Waals surface area contributed by atoms with Gasteiger partial charge in [0.05, 0.1) is 55.5 Å². The van der Waals surface area contributed by atoms with Gasteiger partial charge in [-0.25, -0.2) is 4.39 Å². The maximum atomic E-state index is 17.3. The van der Waals surface area contributed by atoms with E-state index < -0.39 is 6.17 Å². The quantitative estimate of drug-likeness (QED) is 0.0474. The molecule has 0 spiro atoms. The zero-order valence-electron chi connectivity index (χ0n) is 36.6. The van der Waals surface area contributed by atoms with Gasteiger partial charge in [-0.1, -0.05) is 135 Å². The molecule has 18 atom stereocenters. The van der Waals surface area contributed by atoms with Crippen LogP contribution in [0.2, 0.25) is 0 Å². The van der Waals surface area contributed by atoms with Crippen LogP contribution in [0.15, 0.2) is 0 Å². The van der Waals surface area contributed by atoms with Gasteiger partial charge in [0.1, 0.15) is 0 Å². The first-order chi connectivity index (χ1) is 28.2. The van der Waals surface area contributed by atoms with Gasteiger partial charge in [0, 0.05) is 27.6 Å². The molecule has 0 aromatic heterocycles. The van der Waals surface area contributed by atoms with Gasteiger partial charge >= 0.3 is 0 Å². The second-order valence-electron chi connectivity index (χ2n) is 21.2. The minimum absolute atomic E-state index is 0. The van der Waals surface area contributed by atoms with E-state index in [-0.39, 0.29) is 58.2 Å². The van der Waals surface area contributed by atoms with Crippen molar-refractivity contribution in [2.24, 2.45) is 53.3 Å². The molecule has 9 aliphatic rings. The van der Waals surface area contributed by atoms with Crippen molar-refractivity contribution in [2.75, 3.05) is 0 Å². The molecule has 330 valence electrons. The molecule has 9 fully saturated rings. The van der Waals surface area contributed by atoms with E-state index in [4.69, 9.17) is 0 Å². The summed E-state index contributed by atoms with van der Waals surface area (Å²) < 4.78 is 17.3. The van der Waals surface area contributed by atoms with Crippen molar-refractivity contribution >= 4 is 0 Å². The van der Waals surface area contributed by atoms with Crippen molar-refractivity contribution in [2.45, 2.75) is 242 Å². The summed E-state index contributed by atoms with van der Waals surface area (Å²) in [5.74, 6) is 4.26. The van der Waals surface area contributed by atoms with Crippen LogP contribution in [0.3, 0.4) is 0 Å². The third-order valence-corrected chi connectivity index (χ3v) is 17.8. The average Bonchev–Trinajstić information content (AvgIpc) is 3.97. The number of fused-ring (bicyclic) bond motifs is 20. The largest absolute Gasteiger partial charge is 0.323 e. The van der Waals surface area contributed by atoms with Crippen LogP contribution in [0.4, 0.5) is 4.39 Å². The van der Waals surface area contributed by atoms with Crippen molar-refractivity contribution in [3.8, 4) is 0 Å². The van der Waals surface area contributed by atoms with Crippen LogP contribution in [-0.2, 0) is 21.7 Å². The molecule has 5 heterocycles. The van der Waals surface area contributed by atoms with E-state index in [0.29, 0.717) is 66.1 Å². The number of hydrogen-bond donors (Lipinski definition) is 8. The Labute approximate surface area is 368 Å². The fraction of sp³-hybridized carbons (Fsp3) is 0.979. The first kappa shape index (κ1) is 44.9. The maximum absolute atomic E-state index is 17.3. The van der Waals surface area contributed by atoms with Gasteiger partial charge in [0.2, 0.25) is 0 Å². The molecule has 8 nitrogen and oxygen atoms in total. The van der Waals surface area contributed by atoms with Crippen LogP contribution in [0.25, 0.3) is 0 Å². The number of rotatable bonds is 15. The zero-order valence-corrected chi connectivity index (χ0v) is 38.2. The predicted molar refractivity (Wildman–Crippen MR) is 231 cm³/mol. The Morgan fingerprint density at radius 1 is 0.379 bits per heavy atom. The van der Waals surface area contributed by atoms with Gasteiger partial charge in [-0.15, -0.1) is 5.92 Å². The predicted octanol–water partition coefficient (Wildman–Crippen LogP) is 8.46. The summed E-state index contributed by atoms with van der Waals surface area (Å²) in [4.78, 5) is 0. The molecule has 0 aromatic carbocycles. The van der Waals surface area contributed by atoms with Crippen LogP contribution in [0, 0.1) is 59.7 Å². The molecular formula is C48H86FN8Ti-. The fourth-order valence-corrected chi connectivity index (χ4v) is 14.8. The number of hydrogen-bond acceptors (Lipinski definition) is 8. The Balaban J connectivity index is 0.00000469. The minimum atomic E-state index is -0.793. The van der Waals surface area contributed by atoms with Crippen LogP contribution in [-0.4, -0.2) is 55.5 Å². The molecule has 5 aliphatic heterocycles. The van der Waals surface area contributed by atoms with Crippen molar-refractivity contribution < 1.29 is 26.1 Å². The topological polar surface area (TPSA) is 96.2 Å². The summed E-state index contributed by atoms with van der Waals surface area (Å²) in [5, 5.41) is 33.5. The molecule has 4 saturated carbocycles. The monoisotopic (exact) mass is 842 g/mol. The Bertz CT molecular complexity index is 1230. The Morgan fingerprint density at radius 3 is 1.05 bits per heavy atom. The van der Waals surface area contributed by atoms with Gasteiger partial charge in [-0.3, -0.25) is 42.5 Å². The van der Waals surface area contributed by atoms with E-state index in [2.05, 4.69) is 55.9 Å². The van der Waals surface area contributed by atoms with E-state index >= 15 is 4.39 Å². The van der Waals surface area contributed by atoms with E-state index in [9.17, 15) is 0 Å². The van der Waals surface area contributed by atoms with Crippen LogP contribution < -0.4 is 42.5 Å². The molecular weight excluding hydrogens is 755 g/mol. The molecule has 9 rings (SSSR count). The second-order valence-corrected chi connectivity index (χ2v) is 21.2. The standard InChI is InChI=1S/C48H86FN8.Ti/c1-2-3-4-5-6-7-8-9-10-11-12-13-14-15-22-31-29-30-38-39(40(31)49)48-56-46-37-28-21-20-27-36(37)44(54-46)52-42-33-24-17-16-23-32(33)41(50-42)51-43-34-25-18-19-26-35(34)45(53-43)55-47(38)57-48;/h22,31-48,50-57H,2-21,23-30H2,1H3;/q-1;. The van der Waals surface area contributed by atoms with Crippen LogP contribution in [0.1, 0.15) is 187 Å². The number of unbranched alkanes of at least 4 members (excludes halogenated alkanes) is 13. The van der Waals surface area contributed by atoms with Gasteiger partial charge in [0.15, 0.2) is 0 Å². The molecule has 8 N–H and O–H groups in total. The van der Waals surface area contributed by atoms with Crippen molar-refractivity contribution in [3.63, 3.8) is 0 Å². The maximum Gasteiger partial charge on any atom is 0.0820 e. The molecule has 58 heavy (non-hydrogen) atoms. The molecule has 18 unspecified atom stereocenters. The summed E-state index contributed by atoms with van der Waals surface area (Å²) in [5.41, 5.74) is 0. The second kappa shape index (κ2) is 21.8. The molecule has 0 aromatic rings. The molecule has 8 bridgehead atoms. The van der Waals surface area contributed by atoms with Gasteiger partial charge in [0.25, 0.3) is 0 Å². The van der Waals surface area contributed by atoms with Crippen LogP contribution in [0.5, 0.6) is 0 Å². The Hall–Kier alpha value is 0.324. The van der Waals surface area contributed by atoms with E-state index in [0.717, 1.165) is 19.3 Å². The van der Waals surface area contributed by atoms with Crippen molar-refractivity contribution in [1.29, 1.82) is 0 Å². The number of halogens is 1. The third kappa shape index (κ3) is 10.2. The summed E-state index contributed by atoms with van der Waals surface area (Å²) in [7, 11) is 0.